The summed E-state index contributed by atoms with van der Waals surface area (Å²) in [6, 6.07) is 10.9. The van der Waals surface area contributed by atoms with E-state index in [4.69, 9.17) is 9.47 Å². The van der Waals surface area contributed by atoms with Crippen LogP contribution in [0.4, 0.5) is 10.1 Å². The fraction of sp³-hybridized carbons (Fsp3) is 0.217. The number of nitrogens with zero attached hydrogens (tertiary/aromatic N) is 4. The number of hydrogen-bond donors (Lipinski definition) is 1. The highest BCUT2D eigenvalue weighted by Gasteiger charge is 2.13. The molecule has 4 aromatic rings. The summed E-state index contributed by atoms with van der Waals surface area (Å²) in [5.41, 5.74) is 0.691. The molecule has 0 aliphatic heterocycles. The molecule has 0 spiro atoms. The third-order valence-corrected chi connectivity index (χ3v) is 5.07. The van der Waals surface area contributed by atoms with Gasteiger partial charge in [0, 0.05) is 49.1 Å². The van der Waals surface area contributed by atoms with Crippen molar-refractivity contribution in [2.24, 2.45) is 0 Å². The van der Waals surface area contributed by atoms with Crippen molar-refractivity contribution < 1.29 is 18.7 Å². The largest absolute Gasteiger partial charge is 0.497 e. The molecular formula is C23H22FN5O4. The molecule has 170 valence electrons. The average Bonchev–Trinajstić information content (AvgIpc) is 3.23. The molecule has 4 rings (SSSR count). The monoisotopic (exact) mass is 451 g/mol. The number of aryl methyl sites for hydroxylation is 1. The van der Waals surface area contributed by atoms with Crippen LogP contribution in [-0.2, 0) is 11.2 Å². The predicted molar refractivity (Wildman–Crippen MR) is 120 cm³/mol. The first-order chi connectivity index (χ1) is 16.0. The van der Waals surface area contributed by atoms with Crippen LogP contribution in [0.3, 0.4) is 0 Å². The third kappa shape index (κ3) is 4.84. The molecule has 1 amide bonds. The van der Waals surface area contributed by atoms with Gasteiger partial charge < -0.3 is 14.8 Å². The Morgan fingerprint density at radius 2 is 1.82 bits per heavy atom. The second-order valence-electron chi connectivity index (χ2n) is 7.27. The number of anilines is 1. The van der Waals surface area contributed by atoms with E-state index >= 15 is 0 Å². The number of ether oxygens (including phenoxy) is 2. The predicted octanol–water partition coefficient (Wildman–Crippen LogP) is 3.00. The summed E-state index contributed by atoms with van der Waals surface area (Å²) in [6.45, 7) is 0. The first-order valence-corrected chi connectivity index (χ1v) is 10.2. The van der Waals surface area contributed by atoms with Crippen LogP contribution in [0, 0.1) is 5.82 Å². The van der Waals surface area contributed by atoms with Gasteiger partial charge in [-0.3, -0.25) is 18.6 Å². The van der Waals surface area contributed by atoms with E-state index < -0.39 is 11.4 Å². The maximum Gasteiger partial charge on any atom is 0.300 e. The van der Waals surface area contributed by atoms with E-state index in [0.717, 1.165) is 0 Å². The number of carbonyl (C=O) groups excluding carboxylic acids is 1. The molecule has 0 aliphatic rings. The van der Waals surface area contributed by atoms with Gasteiger partial charge in [0.15, 0.2) is 0 Å². The SMILES string of the molecule is COc1cc(NC(=O)CCCc2nnc3c(=O)n(-c4cccc(F)c4)ccn23)cc(OC)c1. The molecule has 10 heteroatoms. The Kier molecular flexibility index (Phi) is 6.34. The fourth-order valence-electron chi connectivity index (χ4n) is 3.44. The number of aromatic nitrogens is 4. The van der Waals surface area contributed by atoms with Gasteiger partial charge in [-0.2, -0.15) is 0 Å². The summed E-state index contributed by atoms with van der Waals surface area (Å²) in [7, 11) is 3.08. The number of fused-ring (bicyclic) bond motifs is 1. The molecule has 33 heavy (non-hydrogen) atoms. The quantitative estimate of drug-likeness (QED) is 0.442. The zero-order valence-electron chi connectivity index (χ0n) is 18.1. The summed E-state index contributed by atoms with van der Waals surface area (Å²) in [4.78, 5) is 25.1. The number of rotatable bonds is 8. The Bertz CT molecular complexity index is 1340. The molecule has 0 radical (unpaired) electrons. The standard InChI is InChI=1S/C23H22FN5O4/c1-32-18-12-16(13-19(14-18)33-2)25-21(30)8-4-7-20-26-27-22-23(31)28(9-10-29(20)22)17-6-3-5-15(24)11-17/h3,5-6,9-14H,4,7-8H2,1-2H3,(H,25,30). The number of methoxy groups -OCH3 is 2. The molecule has 0 unspecified atom stereocenters. The zero-order valence-corrected chi connectivity index (χ0v) is 18.1. The van der Waals surface area contributed by atoms with E-state index in [1.807, 2.05) is 0 Å². The molecular weight excluding hydrogens is 429 g/mol. The molecule has 1 N–H and O–H groups in total. The van der Waals surface area contributed by atoms with Crippen molar-refractivity contribution in [1.82, 2.24) is 19.2 Å². The Balaban J connectivity index is 1.42. The van der Waals surface area contributed by atoms with E-state index in [9.17, 15) is 14.0 Å². The second kappa shape index (κ2) is 9.51. The lowest BCUT2D eigenvalue weighted by molar-refractivity contribution is -0.116. The lowest BCUT2D eigenvalue weighted by atomic mass is 10.2. The molecule has 0 saturated carbocycles. The van der Waals surface area contributed by atoms with Crippen molar-refractivity contribution >= 4 is 17.2 Å². The Hall–Kier alpha value is -4.21. The lowest BCUT2D eigenvalue weighted by Crippen LogP contribution is -2.20. The summed E-state index contributed by atoms with van der Waals surface area (Å²) in [5.74, 6) is 1.09. The molecule has 0 aliphatic carbocycles. The van der Waals surface area contributed by atoms with Crippen LogP contribution in [0.5, 0.6) is 11.5 Å². The normalized spacial score (nSPS) is 10.9. The van der Waals surface area contributed by atoms with E-state index in [2.05, 4.69) is 15.5 Å². The second-order valence-corrected chi connectivity index (χ2v) is 7.27. The number of amides is 1. The molecule has 9 nitrogen and oxygen atoms in total. The summed E-state index contributed by atoms with van der Waals surface area (Å²) >= 11 is 0. The van der Waals surface area contributed by atoms with Crippen LogP contribution in [0.2, 0.25) is 0 Å². The van der Waals surface area contributed by atoms with Gasteiger partial charge in [0.05, 0.1) is 19.9 Å². The molecule has 2 aromatic heterocycles. The molecule has 0 bridgehead atoms. The minimum atomic E-state index is -0.438. The van der Waals surface area contributed by atoms with E-state index in [0.29, 0.717) is 41.5 Å². The van der Waals surface area contributed by atoms with Crippen LogP contribution in [0.25, 0.3) is 11.3 Å². The minimum absolute atomic E-state index is 0.129. The van der Waals surface area contributed by atoms with Crippen molar-refractivity contribution in [1.29, 1.82) is 0 Å². The van der Waals surface area contributed by atoms with Gasteiger partial charge >= 0.3 is 5.56 Å². The van der Waals surface area contributed by atoms with Crippen molar-refractivity contribution in [2.75, 3.05) is 19.5 Å². The Morgan fingerprint density at radius 3 is 2.52 bits per heavy atom. The van der Waals surface area contributed by atoms with Gasteiger partial charge in [0.1, 0.15) is 23.1 Å². The Morgan fingerprint density at radius 1 is 1.06 bits per heavy atom. The maximum absolute atomic E-state index is 13.5. The number of halogens is 1. The maximum atomic E-state index is 13.5. The van der Waals surface area contributed by atoms with Gasteiger partial charge in [0.25, 0.3) is 0 Å². The van der Waals surface area contributed by atoms with Crippen LogP contribution in [0.1, 0.15) is 18.7 Å². The van der Waals surface area contributed by atoms with E-state index in [-0.39, 0.29) is 18.0 Å². The number of carbonyl (C=O) groups is 1. The van der Waals surface area contributed by atoms with Gasteiger partial charge in [-0.15, -0.1) is 10.2 Å². The summed E-state index contributed by atoms with van der Waals surface area (Å²) in [6.07, 6.45) is 4.38. The zero-order chi connectivity index (χ0) is 23.4. The van der Waals surface area contributed by atoms with E-state index in [1.54, 1.807) is 41.1 Å². The van der Waals surface area contributed by atoms with Crippen LogP contribution >= 0.6 is 0 Å². The van der Waals surface area contributed by atoms with Crippen LogP contribution in [-0.4, -0.2) is 39.3 Å². The third-order valence-electron chi connectivity index (χ3n) is 5.07. The van der Waals surface area contributed by atoms with Crippen molar-refractivity contribution in [3.05, 3.63) is 76.9 Å². The number of nitrogens with one attached hydrogen (secondary N) is 1. The molecule has 0 fully saturated rings. The molecule has 0 atom stereocenters. The van der Waals surface area contributed by atoms with Crippen molar-refractivity contribution in [2.45, 2.75) is 19.3 Å². The minimum Gasteiger partial charge on any atom is -0.497 e. The van der Waals surface area contributed by atoms with Gasteiger partial charge in [-0.25, -0.2) is 4.39 Å². The fourth-order valence-corrected chi connectivity index (χ4v) is 3.44. The smallest absolute Gasteiger partial charge is 0.300 e. The first kappa shape index (κ1) is 22.0. The first-order valence-electron chi connectivity index (χ1n) is 10.2. The number of hydrogen-bond acceptors (Lipinski definition) is 6. The molecule has 2 heterocycles. The van der Waals surface area contributed by atoms with Gasteiger partial charge in [0.2, 0.25) is 11.6 Å². The highest BCUT2D eigenvalue weighted by molar-refractivity contribution is 5.91. The lowest BCUT2D eigenvalue weighted by Gasteiger charge is -2.10. The highest BCUT2D eigenvalue weighted by atomic mass is 19.1. The highest BCUT2D eigenvalue weighted by Crippen LogP contribution is 2.26. The van der Waals surface area contributed by atoms with Crippen molar-refractivity contribution in [3.8, 4) is 17.2 Å². The Labute approximate surface area is 188 Å². The van der Waals surface area contributed by atoms with Gasteiger partial charge in [-0.1, -0.05) is 6.07 Å². The van der Waals surface area contributed by atoms with Crippen LogP contribution < -0.4 is 20.3 Å². The summed E-state index contributed by atoms with van der Waals surface area (Å²) in [5, 5.41) is 10.9. The molecule has 0 saturated heterocycles. The summed E-state index contributed by atoms with van der Waals surface area (Å²) < 4.78 is 26.8. The van der Waals surface area contributed by atoms with Crippen molar-refractivity contribution in [3.63, 3.8) is 0 Å². The number of benzene rings is 2. The topological polar surface area (TPSA) is 99.8 Å². The van der Waals surface area contributed by atoms with Crippen LogP contribution in [0.15, 0.2) is 59.7 Å². The van der Waals surface area contributed by atoms with Gasteiger partial charge in [-0.05, 0) is 24.6 Å². The molecule has 2 aromatic carbocycles. The average molecular weight is 451 g/mol. The van der Waals surface area contributed by atoms with E-state index in [1.165, 1.54) is 37.0 Å².